The van der Waals surface area contributed by atoms with Crippen molar-refractivity contribution < 1.29 is 364 Å². The Labute approximate surface area is 899 Å². The van der Waals surface area contributed by atoms with Crippen molar-refractivity contribution in [1.29, 1.82) is 0 Å². The first-order valence-electron chi connectivity index (χ1n) is 41.6. The minimum atomic E-state index is -1.42. The largest absolute Gasteiger partial charge is 1.00 e. The van der Waals surface area contributed by atoms with E-state index in [4.69, 9.17) is 55.0 Å². The van der Waals surface area contributed by atoms with Crippen LogP contribution in [0.2, 0.25) is 0 Å². The minimum absolute atomic E-state index is 0. The summed E-state index contributed by atoms with van der Waals surface area (Å²) in [6.07, 6.45) is 57.2. The molecular formula is C82H146K4N5NaO26. The number of carbonyl (C=O) groups is 8. The van der Waals surface area contributed by atoms with Gasteiger partial charge in [-0.3, -0.25) is 29.0 Å². The fourth-order valence-corrected chi connectivity index (χ4v) is 11.6. The van der Waals surface area contributed by atoms with E-state index in [-0.39, 0.29) is 278 Å². The van der Waals surface area contributed by atoms with Gasteiger partial charge in [-0.1, -0.05) is 297 Å². The molecule has 0 amide bonds. The van der Waals surface area contributed by atoms with Crippen molar-refractivity contribution in [1.82, 2.24) is 24.5 Å². The molecule has 0 rings (SSSR count). The normalized spacial score (nSPS) is 10.2. The second-order valence-electron chi connectivity index (χ2n) is 28.3. The summed E-state index contributed by atoms with van der Waals surface area (Å²) in [6, 6.07) is 0. The monoisotopic (exact) mass is 1800 g/mol. The van der Waals surface area contributed by atoms with Crippen LogP contribution in [0.3, 0.4) is 0 Å². The third-order valence-corrected chi connectivity index (χ3v) is 17.8. The average molecular weight is 1800 g/mol. The number of hydrogen-bond acceptors (Lipinski definition) is 27. The van der Waals surface area contributed by atoms with Gasteiger partial charge in [0.15, 0.2) is 5.88 Å². The van der Waals surface area contributed by atoms with Crippen LogP contribution in [0.1, 0.15) is 329 Å². The Hall–Kier alpha value is -0.0345. The molecule has 0 spiro atoms. The quantitative estimate of drug-likeness (QED) is 0.0130. The van der Waals surface area contributed by atoms with Crippen LogP contribution in [0.5, 0.6) is 0 Å². The predicted molar refractivity (Wildman–Crippen MR) is 419 cm³/mol. The van der Waals surface area contributed by atoms with Crippen molar-refractivity contribution in [2.24, 2.45) is 0 Å². The topological polar surface area (TPSA) is 443 Å². The van der Waals surface area contributed by atoms with E-state index in [9.17, 15) is 64.0 Å². The molecule has 0 bridgehead atoms. The van der Waals surface area contributed by atoms with Crippen molar-refractivity contribution in [2.45, 2.75) is 329 Å². The molecule has 0 aliphatic heterocycles. The molecule has 0 atom stereocenters. The zero-order valence-corrected chi connectivity index (χ0v) is 88.7. The number of unbranched alkanes of at least 4 members (excludes halogenated alkanes) is 44. The van der Waals surface area contributed by atoms with Crippen molar-refractivity contribution in [3.05, 3.63) is 62.3 Å². The third kappa shape index (κ3) is 105. The molecule has 0 saturated heterocycles. The van der Waals surface area contributed by atoms with Crippen LogP contribution >= 0.6 is 0 Å². The third-order valence-electron chi connectivity index (χ3n) is 17.8. The summed E-state index contributed by atoms with van der Waals surface area (Å²) in [4.78, 5) is 128. The van der Waals surface area contributed by atoms with E-state index in [0.29, 0.717) is 32.9 Å². The van der Waals surface area contributed by atoms with Crippen LogP contribution in [0, 0.1) is 0 Å². The van der Waals surface area contributed by atoms with E-state index in [0.717, 1.165) is 124 Å². The maximum atomic E-state index is 10.7. The molecule has 0 aromatic heterocycles. The van der Waals surface area contributed by atoms with Crippen molar-refractivity contribution in [2.75, 3.05) is 85.3 Å². The maximum Gasteiger partial charge on any atom is 1.00 e. The van der Waals surface area contributed by atoms with Crippen LogP contribution in [-0.4, -0.2) is 183 Å². The van der Waals surface area contributed by atoms with Gasteiger partial charge in [-0.25, -0.2) is 5.26 Å². The first-order valence-corrected chi connectivity index (χ1v) is 41.6. The molecule has 0 radical (unpaired) electrons. The van der Waals surface area contributed by atoms with Crippen molar-refractivity contribution in [3.63, 3.8) is 0 Å². The summed E-state index contributed by atoms with van der Waals surface area (Å²) in [5.74, 6) is -10.8. The Balaban J connectivity index is -0.000000191. The summed E-state index contributed by atoms with van der Waals surface area (Å²) in [5.41, 5.74) is 0. The second kappa shape index (κ2) is 104. The van der Waals surface area contributed by atoms with Gasteiger partial charge in [-0.2, -0.15) is 14.7 Å². The molecule has 5 N–H and O–H groups in total. The maximum absolute atomic E-state index is 10.7. The summed E-state index contributed by atoms with van der Waals surface area (Å²) < 4.78 is 0. The average Bonchev–Trinajstić information content (AvgIpc) is 0.937. The Bertz CT molecular complexity index is 2320. The smallest absolute Gasteiger partial charge is 0.663 e. The molecule has 0 aromatic carbocycles. The predicted octanol–water partition coefficient (Wildman–Crippen LogP) is -3.42. The molecule has 36 heteroatoms. The van der Waals surface area contributed by atoms with Crippen molar-refractivity contribution in [3.8, 4) is 0 Å². The first kappa shape index (κ1) is 136. The number of nitrogens with zero attached hydrogens (tertiary/aromatic N) is 5. The SMILES string of the molecule is C=C(OOCCCCCCCCCCCC)N(CC(=O)[O-])CC(=O)O.C=C(OOCCCCCCCCCCCC)N(CC(=O)[O-])CC(=O)O.C=C(OOCCCCCCCCCCCCCCCC)N(CC(=O)[O-])CC(=O)O.C=C(O[O-])N(CCCCCCCCCCCCCCCCN(CC(=O)[O-])CC(=O)O)C(=C)OO.[K+].[K+].[K+].[K+].[Na+]. The molecule has 0 saturated carbocycles. The van der Waals surface area contributed by atoms with Crippen LogP contribution in [-0.2, 0) is 77.5 Å². The molecule has 0 aromatic rings. The number of hydrogen-bond donors (Lipinski definition) is 5. The van der Waals surface area contributed by atoms with Gasteiger partial charge in [0.25, 0.3) is 0 Å². The van der Waals surface area contributed by atoms with E-state index in [1.54, 1.807) is 0 Å². The van der Waals surface area contributed by atoms with E-state index >= 15 is 0 Å². The number of carboxylic acids is 8. The first-order chi connectivity index (χ1) is 54.2. The minimum Gasteiger partial charge on any atom is -0.663 e. The molecule has 0 unspecified atom stereocenters. The Kier molecular flexibility index (Phi) is 120. The van der Waals surface area contributed by atoms with Gasteiger partial charge >= 0.3 is 259 Å². The summed E-state index contributed by atoms with van der Waals surface area (Å²) in [7, 11) is 0. The molecule has 0 heterocycles. The van der Waals surface area contributed by atoms with Gasteiger partial charge in [0.2, 0.25) is 23.5 Å². The molecule has 0 aliphatic carbocycles. The molecule has 0 aliphatic rings. The zero-order chi connectivity index (χ0) is 85.2. The van der Waals surface area contributed by atoms with Gasteiger partial charge in [0.05, 0.1) is 69.9 Å². The number of carboxylic acid groups (broad SMARTS) is 8. The van der Waals surface area contributed by atoms with Gasteiger partial charge in [-0.15, -0.1) is 0 Å². The number of carbonyl (C=O) groups excluding carboxylic acids is 4. The van der Waals surface area contributed by atoms with Crippen LogP contribution < -0.4 is 261 Å². The van der Waals surface area contributed by atoms with Gasteiger partial charge in [-0.05, 0) is 71.5 Å². The fraction of sp³-hybridized carbons (Fsp3) is 0.780. The summed E-state index contributed by atoms with van der Waals surface area (Å²) >= 11 is 0. The Morgan fingerprint density at radius 3 is 0.678 bits per heavy atom. The van der Waals surface area contributed by atoms with E-state index < -0.39 is 87.0 Å². The fourth-order valence-electron chi connectivity index (χ4n) is 11.6. The number of rotatable bonds is 83. The van der Waals surface area contributed by atoms with Gasteiger partial charge < -0.3 is 104 Å². The zero-order valence-electron chi connectivity index (χ0n) is 74.2. The van der Waals surface area contributed by atoms with E-state index in [1.807, 2.05) is 0 Å². The molecule has 660 valence electrons. The Morgan fingerprint density at radius 2 is 0.483 bits per heavy atom. The molecule has 31 nitrogen and oxygen atoms in total. The van der Waals surface area contributed by atoms with E-state index in [2.05, 4.69) is 63.4 Å². The van der Waals surface area contributed by atoms with Crippen LogP contribution in [0.4, 0.5) is 0 Å². The summed E-state index contributed by atoms with van der Waals surface area (Å²) in [5, 5.41) is 96.6. The van der Waals surface area contributed by atoms with E-state index in [1.165, 1.54) is 209 Å². The standard InChI is InChI=1S/C24H44N2O8.C22H41NO6.2C18H33NO6.4K.Na/c1-21(33-31)26(22(2)34-32)18-16-14-12-10-8-6-4-3-5-7-9-11-13-15-17-25(19-23(27)28)20-24(29)30;1-3-4-5-6-7-8-9-10-11-12-13-14-15-16-17-28-29-20(2)23(18-21(24)25)19-22(26)27;2*1-3-4-5-6-7-8-9-10-11-12-13-24-25-16(2)19(14-17(20)21)15-18(22)23;;;;;/h31-32H,1-20H2,(H,27,28)(H,29,30);2-19H2,1H3,(H,24,25)(H,26,27);2*2-15H2,1H3,(H,20,21)(H,22,23);;;;;/q;;;;5*+1/p-5. The van der Waals surface area contributed by atoms with Gasteiger partial charge in [0.1, 0.15) is 19.6 Å². The number of aliphatic carboxylic acids is 8. The summed E-state index contributed by atoms with van der Waals surface area (Å²) in [6.45, 7) is 21.9. The van der Waals surface area contributed by atoms with Gasteiger partial charge in [0, 0.05) is 13.1 Å². The van der Waals surface area contributed by atoms with Crippen LogP contribution in [0.25, 0.3) is 0 Å². The molecule has 118 heavy (non-hydrogen) atoms. The molecule has 0 fully saturated rings. The van der Waals surface area contributed by atoms with Crippen molar-refractivity contribution >= 4 is 47.8 Å². The van der Waals surface area contributed by atoms with Crippen LogP contribution in [0.15, 0.2) is 62.3 Å². The second-order valence-corrected chi connectivity index (χ2v) is 28.3. The Morgan fingerprint density at radius 1 is 0.280 bits per heavy atom. The molecular weight excluding hydrogens is 1650 g/mol.